The SMILES string of the molecule is Cc1ccc(F)cc1NC(=O)C1CCCN1C(=O)c1ccco1. The van der Waals surface area contributed by atoms with E-state index in [9.17, 15) is 14.0 Å². The molecular formula is C17H17FN2O3. The van der Waals surface area contributed by atoms with Gasteiger partial charge in [-0.25, -0.2) is 4.39 Å². The fraction of sp³-hybridized carbons (Fsp3) is 0.294. The average molecular weight is 316 g/mol. The summed E-state index contributed by atoms with van der Waals surface area (Å²) in [7, 11) is 0. The highest BCUT2D eigenvalue weighted by Crippen LogP contribution is 2.23. The van der Waals surface area contributed by atoms with Gasteiger partial charge in [0.25, 0.3) is 5.91 Å². The van der Waals surface area contributed by atoms with Crippen LogP contribution in [0, 0.1) is 12.7 Å². The number of nitrogens with zero attached hydrogens (tertiary/aromatic N) is 1. The van der Waals surface area contributed by atoms with E-state index >= 15 is 0 Å². The van der Waals surface area contributed by atoms with Gasteiger partial charge in [-0.15, -0.1) is 0 Å². The minimum Gasteiger partial charge on any atom is -0.459 e. The van der Waals surface area contributed by atoms with Crippen LogP contribution in [0.1, 0.15) is 29.0 Å². The van der Waals surface area contributed by atoms with E-state index in [0.29, 0.717) is 18.7 Å². The number of hydrogen-bond donors (Lipinski definition) is 1. The Morgan fingerprint density at radius 1 is 1.35 bits per heavy atom. The molecule has 2 heterocycles. The number of anilines is 1. The van der Waals surface area contributed by atoms with Crippen LogP contribution in [0.5, 0.6) is 0 Å². The molecule has 0 bridgehead atoms. The van der Waals surface area contributed by atoms with Crippen LogP contribution < -0.4 is 5.32 Å². The summed E-state index contributed by atoms with van der Waals surface area (Å²) >= 11 is 0. The van der Waals surface area contributed by atoms with Crippen molar-refractivity contribution in [3.63, 3.8) is 0 Å². The number of benzene rings is 1. The van der Waals surface area contributed by atoms with Crippen LogP contribution in [0.25, 0.3) is 0 Å². The maximum Gasteiger partial charge on any atom is 0.290 e. The molecule has 1 aliphatic rings. The molecule has 1 atom stereocenters. The van der Waals surface area contributed by atoms with E-state index in [4.69, 9.17) is 4.42 Å². The molecule has 1 N–H and O–H groups in total. The van der Waals surface area contributed by atoms with Crippen LogP contribution >= 0.6 is 0 Å². The first kappa shape index (κ1) is 15.3. The predicted molar refractivity (Wildman–Crippen MR) is 82.5 cm³/mol. The standard InChI is InChI=1S/C17H17FN2O3/c1-11-6-7-12(18)10-13(11)19-16(21)14-4-2-8-20(14)17(22)15-5-3-9-23-15/h3,5-7,9-10,14H,2,4,8H2,1H3,(H,19,21). The Morgan fingerprint density at radius 3 is 2.91 bits per heavy atom. The van der Waals surface area contributed by atoms with E-state index in [0.717, 1.165) is 12.0 Å². The summed E-state index contributed by atoms with van der Waals surface area (Å²) in [5, 5.41) is 2.72. The summed E-state index contributed by atoms with van der Waals surface area (Å²) < 4.78 is 18.5. The van der Waals surface area contributed by atoms with Crippen molar-refractivity contribution < 1.29 is 18.4 Å². The molecule has 0 radical (unpaired) electrons. The summed E-state index contributed by atoms with van der Waals surface area (Å²) in [5.74, 6) is -0.813. The molecule has 0 spiro atoms. The summed E-state index contributed by atoms with van der Waals surface area (Å²) in [6.07, 6.45) is 2.74. The van der Waals surface area contributed by atoms with Crippen molar-refractivity contribution in [1.29, 1.82) is 0 Å². The van der Waals surface area contributed by atoms with E-state index in [1.807, 2.05) is 0 Å². The topological polar surface area (TPSA) is 62.6 Å². The zero-order valence-corrected chi connectivity index (χ0v) is 12.7. The normalized spacial score (nSPS) is 17.3. The Hall–Kier alpha value is -2.63. The average Bonchev–Trinajstić information content (AvgIpc) is 3.20. The number of rotatable bonds is 3. The molecule has 2 aromatic rings. The quantitative estimate of drug-likeness (QED) is 0.947. The number of amides is 2. The van der Waals surface area contributed by atoms with Crippen molar-refractivity contribution in [2.75, 3.05) is 11.9 Å². The molecule has 5 nitrogen and oxygen atoms in total. The van der Waals surface area contributed by atoms with Crippen LogP contribution in [0.3, 0.4) is 0 Å². The number of carbonyl (C=O) groups is 2. The number of carbonyl (C=O) groups excluding carboxylic acids is 2. The van der Waals surface area contributed by atoms with Crippen molar-refractivity contribution in [1.82, 2.24) is 4.90 Å². The molecule has 0 aliphatic carbocycles. The van der Waals surface area contributed by atoms with Crippen molar-refractivity contribution in [2.24, 2.45) is 0 Å². The second-order valence-electron chi connectivity index (χ2n) is 5.58. The number of likely N-dealkylation sites (tertiary alicyclic amines) is 1. The number of halogens is 1. The molecule has 1 unspecified atom stereocenters. The lowest BCUT2D eigenvalue weighted by Gasteiger charge is -2.23. The van der Waals surface area contributed by atoms with E-state index in [-0.39, 0.29) is 17.6 Å². The molecular weight excluding hydrogens is 299 g/mol. The van der Waals surface area contributed by atoms with Crippen LogP contribution in [0.4, 0.5) is 10.1 Å². The predicted octanol–water partition coefficient (Wildman–Crippen LogP) is 2.97. The second kappa shape index (κ2) is 6.24. The lowest BCUT2D eigenvalue weighted by atomic mass is 10.1. The van der Waals surface area contributed by atoms with Gasteiger partial charge in [-0.2, -0.15) is 0 Å². The van der Waals surface area contributed by atoms with Gasteiger partial charge in [0, 0.05) is 12.2 Å². The van der Waals surface area contributed by atoms with Gasteiger partial charge in [0.2, 0.25) is 5.91 Å². The highest BCUT2D eigenvalue weighted by atomic mass is 19.1. The van der Waals surface area contributed by atoms with Crippen LogP contribution in [0.15, 0.2) is 41.0 Å². The fourth-order valence-electron chi connectivity index (χ4n) is 2.77. The van der Waals surface area contributed by atoms with E-state index in [2.05, 4.69) is 5.32 Å². The number of furan rings is 1. The Bertz CT molecular complexity index is 727. The van der Waals surface area contributed by atoms with Gasteiger partial charge in [0.1, 0.15) is 11.9 Å². The molecule has 120 valence electrons. The van der Waals surface area contributed by atoms with Gasteiger partial charge in [-0.1, -0.05) is 6.07 Å². The minimum atomic E-state index is -0.574. The zero-order chi connectivity index (χ0) is 16.4. The zero-order valence-electron chi connectivity index (χ0n) is 12.7. The van der Waals surface area contributed by atoms with Crippen LogP contribution in [-0.2, 0) is 4.79 Å². The third kappa shape index (κ3) is 3.11. The van der Waals surface area contributed by atoms with Crippen molar-refractivity contribution >= 4 is 17.5 Å². The third-order valence-corrected chi connectivity index (χ3v) is 4.01. The van der Waals surface area contributed by atoms with Gasteiger partial charge >= 0.3 is 0 Å². The van der Waals surface area contributed by atoms with E-state index < -0.39 is 11.9 Å². The first-order valence-electron chi connectivity index (χ1n) is 7.48. The highest BCUT2D eigenvalue weighted by molar-refractivity contribution is 6.00. The molecule has 1 aromatic heterocycles. The van der Waals surface area contributed by atoms with E-state index in [1.54, 1.807) is 25.1 Å². The van der Waals surface area contributed by atoms with Gasteiger partial charge in [-0.05, 0) is 49.6 Å². The molecule has 1 aliphatic heterocycles. The fourth-order valence-corrected chi connectivity index (χ4v) is 2.77. The second-order valence-corrected chi connectivity index (χ2v) is 5.58. The minimum absolute atomic E-state index is 0.214. The van der Waals surface area contributed by atoms with Crippen LogP contribution in [0.2, 0.25) is 0 Å². The van der Waals surface area contributed by atoms with E-state index in [1.165, 1.54) is 23.3 Å². The summed E-state index contributed by atoms with van der Waals surface area (Å²) in [6.45, 7) is 2.29. The monoisotopic (exact) mass is 316 g/mol. The molecule has 0 saturated carbocycles. The summed E-state index contributed by atoms with van der Waals surface area (Å²) in [6, 6.07) is 6.86. The molecule has 1 saturated heterocycles. The Balaban J connectivity index is 1.76. The number of aryl methyl sites for hydroxylation is 1. The molecule has 1 aromatic carbocycles. The largest absolute Gasteiger partial charge is 0.459 e. The Labute approximate surface area is 133 Å². The van der Waals surface area contributed by atoms with Crippen molar-refractivity contribution in [3.05, 3.63) is 53.7 Å². The molecule has 6 heteroatoms. The number of nitrogens with one attached hydrogen (secondary N) is 1. The molecule has 23 heavy (non-hydrogen) atoms. The lowest BCUT2D eigenvalue weighted by molar-refractivity contribution is -0.119. The summed E-state index contributed by atoms with van der Waals surface area (Å²) in [5.41, 5.74) is 1.19. The molecule has 1 fully saturated rings. The highest BCUT2D eigenvalue weighted by Gasteiger charge is 2.35. The Morgan fingerprint density at radius 2 is 2.17 bits per heavy atom. The van der Waals surface area contributed by atoms with Gasteiger partial charge < -0.3 is 14.6 Å². The van der Waals surface area contributed by atoms with Gasteiger partial charge in [0.05, 0.1) is 6.26 Å². The number of hydrogen-bond acceptors (Lipinski definition) is 3. The first-order valence-corrected chi connectivity index (χ1v) is 7.48. The first-order chi connectivity index (χ1) is 11.1. The van der Waals surface area contributed by atoms with Gasteiger partial charge in [0.15, 0.2) is 5.76 Å². The lowest BCUT2D eigenvalue weighted by Crippen LogP contribution is -2.43. The van der Waals surface area contributed by atoms with Gasteiger partial charge in [-0.3, -0.25) is 9.59 Å². The molecule has 3 rings (SSSR count). The smallest absolute Gasteiger partial charge is 0.290 e. The molecule has 2 amide bonds. The maximum atomic E-state index is 13.3. The Kier molecular flexibility index (Phi) is 4.14. The van der Waals surface area contributed by atoms with Crippen molar-refractivity contribution in [3.8, 4) is 0 Å². The van der Waals surface area contributed by atoms with Crippen LogP contribution in [-0.4, -0.2) is 29.3 Å². The summed E-state index contributed by atoms with van der Waals surface area (Å²) in [4.78, 5) is 26.4. The maximum absolute atomic E-state index is 13.3. The third-order valence-electron chi connectivity index (χ3n) is 4.01. The van der Waals surface area contributed by atoms with Crippen molar-refractivity contribution in [2.45, 2.75) is 25.8 Å².